The van der Waals surface area contributed by atoms with Crippen LogP contribution >= 0.6 is 0 Å². The molecule has 9 heteroatoms. The number of hydrogen-bond donors (Lipinski definition) is 0. The van der Waals surface area contributed by atoms with Gasteiger partial charge in [0.2, 0.25) is 11.8 Å². The smallest absolute Gasteiger partial charge is 0.225 e. The van der Waals surface area contributed by atoms with Crippen LogP contribution in [0.15, 0.2) is 36.8 Å². The fraction of sp³-hybridized carbons (Fsp3) is 0.438. The molecular weight excluding hydrogens is 347 g/mol. The molecule has 0 radical (unpaired) electrons. The van der Waals surface area contributed by atoms with Crippen LogP contribution in [0, 0.1) is 11.7 Å². The van der Waals surface area contributed by atoms with Gasteiger partial charge in [0.05, 0.1) is 24.8 Å². The Balaban J connectivity index is 1.49. The molecule has 0 aromatic carbocycles. The zero-order chi connectivity index (χ0) is 17.5. The lowest BCUT2D eigenvalue weighted by molar-refractivity contribution is 0.187. The van der Waals surface area contributed by atoms with Gasteiger partial charge in [0.15, 0.2) is 15.7 Å². The summed E-state index contributed by atoms with van der Waals surface area (Å²) in [7, 11) is -3.22. The molecule has 2 aliphatic rings. The second-order valence-corrected chi connectivity index (χ2v) is 8.86. The van der Waals surface area contributed by atoms with E-state index in [0.717, 1.165) is 12.4 Å². The summed E-state index contributed by atoms with van der Waals surface area (Å²) in [4.78, 5) is 13.7. The van der Waals surface area contributed by atoms with E-state index in [1.807, 2.05) is 6.07 Å². The standard InChI is InChI=1S/C16H17FN4O3S/c17-13-7-19-15(20-8-13)21-10-16(11-21)12(4-6-25(16,22)23)9-24-14-3-1-2-5-18-14/h1-3,5,7-8,12H,4,6,9-11H2. The number of hydrogen-bond acceptors (Lipinski definition) is 7. The molecule has 4 heterocycles. The molecular formula is C16H17FN4O3S. The summed E-state index contributed by atoms with van der Waals surface area (Å²) in [6.45, 7) is 0.906. The van der Waals surface area contributed by atoms with Gasteiger partial charge in [-0.05, 0) is 12.5 Å². The topological polar surface area (TPSA) is 85.3 Å². The Labute approximate surface area is 144 Å². The van der Waals surface area contributed by atoms with Gasteiger partial charge < -0.3 is 9.64 Å². The highest BCUT2D eigenvalue weighted by atomic mass is 32.2. The molecule has 0 amide bonds. The quantitative estimate of drug-likeness (QED) is 0.802. The van der Waals surface area contributed by atoms with Gasteiger partial charge >= 0.3 is 0 Å². The molecule has 0 saturated carbocycles. The van der Waals surface area contributed by atoms with Gasteiger partial charge in [0.1, 0.15) is 4.75 Å². The minimum Gasteiger partial charge on any atom is -0.477 e. The Kier molecular flexibility index (Phi) is 3.82. The van der Waals surface area contributed by atoms with Crippen LogP contribution in [0.2, 0.25) is 0 Å². The summed E-state index contributed by atoms with van der Waals surface area (Å²) in [6, 6.07) is 5.36. The van der Waals surface area contributed by atoms with E-state index in [1.165, 1.54) is 0 Å². The van der Waals surface area contributed by atoms with Gasteiger partial charge in [-0.3, -0.25) is 0 Å². The minimum absolute atomic E-state index is 0.115. The highest BCUT2D eigenvalue weighted by Crippen LogP contribution is 2.45. The molecule has 132 valence electrons. The maximum absolute atomic E-state index is 13.0. The van der Waals surface area contributed by atoms with Crippen molar-refractivity contribution >= 4 is 15.8 Å². The SMILES string of the molecule is O=S1(=O)CCC(COc2ccccn2)C12CN(c1ncc(F)cn1)C2. The fourth-order valence-corrected chi connectivity index (χ4v) is 5.94. The first kappa shape index (κ1) is 16.2. The number of rotatable bonds is 4. The van der Waals surface area contributed by atoms with Gasteiger partial charge in [0.25, 0.3) is 0 Å². The molecule has 1 spiro atoms. The van der Waals surface area contributed by atoms with Crippen molar-refractivity contribution < 1.29 is 17.5 Å². The van der Waals surface area contributed by atoms with Crippen molar-refractivity contribution in [1.82, 2.24) is 15.0 Å². The zero-order valence-corrected chi connectivity index (χ0v) is 14.2. The van der Waals surface area contributed by atoms with Gasteiger partial charge in [-0.1, -0.05) is 6.07 Å². The van der Waals surface area contributed by atoms with Crippen molar-refractivity contribution in [3.63, 3.8) is 0 Å². The maximum Gasteiger partial charge on any atom is 0.225 e. The summed E-state index contributed by atoms with van der Waals surface area (Å²) in [5, 5.41) is 0. The summed E-state index contributed by atoms with van der Waals surface area (Å²) in [6.07, 6.45) is 4.36. The average Bonchev–Trinajstić information content (AvgIpc) is 2.84. The minimum atomic E-state index is -3.22. The van der Waals surface area contributed by atoms with Crippen molar-refractivity contribution in [1.29, 1.82) is 0 Å². The van der Waals surface area contributed by atoms with Crippen molar-refractivity contribution in [3.8, 4) is 5.88 Å². The van der Waals surface area contributed by atoms with Gasteiger partial charge in [-0.15, -0.1) is 0 Å². The largest absolute Gasteiger partial charge is 0.477 e. The summed E-state index contributed by atoms with van der Waals surface area (Å²) < 4.78 is 43.0. The molecule has 7 nitrogen and oxygen atoms in total. The Bertz CT molecular complexity index is 855. The normalized spacial score (nSPS) is 23.4. The number of aromatic nitrogens is 3. The number of sulfone groups is 1. The van der Waals surface area contributed by atoms with Gasteiger partial charge in [0, 0.05) is 31.3 Å². The van der Waals surface area contributed by atoms with Crippen LogP contribution in [0.1, 0.15) is 6.42 Å². The number of nitrogens with zero attached hydrogens (tertiary/aromatic N) is 4. The lowest BCUT2D eigenvalue weighted by atomic mass is 9.84. The third-order valence-corrected chi connectivity index (χ3v) is 7.58. The van der Waals surface area contributed by atoms with Crippen LogP contribution in [-0.4, -0.2) is 53.6 Å². The number of halogens is 1. The van der Waals surface area contributed by atoms with E-state index in [2.05, 4.69) is 15.0 Å². The van der Waals surface area contributed by atoms with E-state index in [-0.39, 0.29) is 11.7 Å². The van der Waals surface area contributed by atoms with Crippen LogP contribution in [0.25, 0.3) is 0 Å². The van der Waals surface area contributed by atoms with E-state index in [4.69, 9.17) is 4.74 Å². The van der Waals surface area contributed by atoms with E-state index in [1.54, 1.807) is 23.2 Å². The monoisotopic (exact) mass is 364 g/mol. The van der Waals surface area contributed by atoms with E-state index >= 15 is 0 Å². The highest BCUT2D eigenvalue weighted by Gasteiger charge is 2.62. The molecule has 2 aliphatic heterocycles. The maximum atomic E-state index is 13.0. The van der Waals surface area contributed by atoms with Crippen LogP contribution < -0.4 is 9.64 Å². The molecule has 0 bridgehead atoms. The molecule has 2 fully saturated rings. The Morgan fingerprint density at radius 1 is 1.24 bits per heavy atom. The first-order valence-electron chi connectivity index (χ1n) is 7.99. The molecule has 4 rings (SSSR count). The second-order valence-electron chi connectivity index (χ2n) is 6.41. The predicted octanol–water partition coefficient (Wildman–Crippen LogP) is 1.08. The third-order valence-electron chi connectivity index (χ3n) is 4.98. The second kappa shape index (κ2) is 5.91. The molecule has 0 N–H and O–H groups in total. The molecule has 2 saturated heterocycles. The van der Waals surface area contributed by atoms with Crippen molar-refractivity contribution in [2.24, 2.45) is 5.92 Å². The van der Waals surface area contributed by atoms with Gasteiger partial charge in [-0.25, -0.2) is 27.8 Å². The van der Waals surface area contributed by atoms with E-state index in [9.17, 15) is 12.8 Å². The third kappa shape index (κ3) is 2.72. The molecule has 2 aromatic rings. The van der Waals surface area contributed by atoms with Crippen molar-refractivity contribution in [2.75, 3.05) is 30.3 Å². The number of ether oxygens (including phenoxy) is 1. The molecule has 2 aromatic heterocycles. The Hall–Kier alpha value is -2.29. The number of pyridine rings is 1. The fourth-order valence-electron chi connectivity index (χ4n) is 3.54. The average molecular weight is 364 g/mol. The molecule has 1 unspecified atom stereocenters. The van der Waals surface area contributed by atoms with Crippen molar-refractivity contribution in [3.05, 3.63) is 42.6 Å². The van der Waals surface area contributed by atoms with Crippen LogP contribution in [-0.2, 0) is 9.84 Å². The summed E-state index contributed by atoms with van der Waals surface area (Å²) in [5.41, 5.74) is 0. The van der Waals surface area contributed by atoms with Crippen LogP contribution in [0.3, 0.4) is 0 Å². The predicted molar refractivity (Wildman–Crippen MR) is 88.6 cm³/mol. The van der Waals surface area contributed by atoms with Crippen LogP contribution in [0.4, 0.5) is 10.3 Å². The van der Waals surface area contributed by atoms with E-state index in [0.29, 0.717) is 37.9 Å². The zero-order valence-electron chi connectivity index (χ0n) is 13.4. The molecule has 1 atom stereocenters. The first-order chi connectivity index (χ1) is 12.0. The summed E-state index contributed by atoms with van der Waals surface area (Å²) in [5.74, 6) is 0.352. The highest BCUT2D eigenvalue weighted by molar-refractivity contribution is 7.93. The molecule has 0 aliphatic carbocycles. The Morgan fingerprint density at radius 2 is 2.00 bits per heavy atom. The number of anilines is 1. The van der Waals surface area contributed by atoms with Crippen molar-refractivity contribution in [2.45, 2.75) is 11.2 Å². The lowest BCUT2D eigenvalue weighted by Crippen LogP contribution is -2.68. The van der Waals surface area contributed by atoms with Gasteiger partial charge in [-0.2, -0.15) is 0 Å². The summed E-state index contributed by atoms with van der Waals surface area (Å²) >= 11 is 0. The molecule has 25 heavy (non-hydrogen) atoms. The van der Waals surface area contributed by atoms with Crippen LogP contribution in [0.5, 0.6) is 5.88 Å². The van der Waals surface area contributed by atoms with E-state index < -0.39 is 20.4 Å². The lowest BCUT2D eigenvalue weighted by Gasteiger charge is -2.49. The Morgan fingerprint density at radius 3 is 2.68 bits per heavy atom. The first-order valence-corrected chi connectivity index (χ1v) is 9.64.